The molecule has 0 bridgehead atoms. The Morgan fingerprint density at radius 3 is 2.31 bits per heavy atom. The Kier molecular flexibility index (Phi) is 6.98. The summed E-state index contributed by atoms with van der Waals surface area (Å²) in [5.74, 6) is 1.35. The van der Waals surface area contributed by atoms with Crippen molar-refractivity contribution in [2.24, 2.45) is 0 Å². The van der Waals surface area contributed by atoms with E-state index in [1.165, 1.54) is 22.9 Å². The van der Waals surface area contributed by atoms with Crippen molar-refractivity contribution in [1.82, 2.24) is 5.32 Å². The molecule has 1 amide bonds. The van der Waals surface area contributed by atoms with Crippen LogP contribution in [0.4, 0.5) is 0 Å². The summed E-state index contributed by atoms with van der Waals surface area (Å²) in [4.78, 5) is 13.6. The van der Waals surface area contributed by atoms with Crippen molar-refractivity contribution in [3.63, 3.8) is 0 Å². The molecule has 0 heterocycles. The summed E-state index contributed by atoms with van der Waals surface area (Å²) in [6, 6.07) is 11.9. The Morgan fingerprint density at radius 1 is 1.00 bits per heavy atom. The van der Waals surface area contributed by atoms with Crippen LogP contribution in [0.5, 0.6) is 11.5 Å². The van der Waals surface area contributed by atoms with Gasteiger partial charge in [-0.25, -0.2) is 0 Å². The van der Waals surface area contributed by atoms with Gasteiger partial charge < -0.3 is 14.8 Å². The van der Waals surface area contributed by atoms with Crippen LogP contribution in [0, 0.1) is 13.8 Å². The smallest absolute Gasteiger partial charge is 0.233 e. The lowest BCUT2D eigenvalue weighted by Crippen LogP contribution is -2.33. The lowest BCUT2D eigenvalue weighted by molar-refractivity contribution is -0.120. The number of hydrogen-bond donors (Lipinski definition) is 1. The van der Waals surface area contributed by atoms with Gasteiger partial charge in [0.2, 0.25) is 5.91 Å². The number of carbonyl (C=O) groups excluding carboxylic acids is 1. The Bertz CT molecular complexity index is 776. The van der Waals surface area contributed by atoms with Crippen LogP contribution >= 0.6 is 11.8 Å². The predicted molar refractivity (Wildman–Crippen MR) is 107 cm³/mol. The average molecular weight is 374 g/mol. The third-order valence-electron chi connectivity index (χ3n) is 4.29. The number of aryl methyl sites for hydroxylation is 2. The maximum absolute atomic E-state index is 12.6. The Labute approximate surface area is 160 Å². The van der Waals surface area contributed by atoms with Gasteiger partial charge in [-0.3, -0.25) is 4.79 Å². The standard InChI is InChI=1S/C21H27NO3S/c1-13-7-9-18(14(2)11-13)15(3)22-21(23)16(4)26-17-8-10-19(24-5)20(12-17)25-6/h7-12,15-16H,1-6H3,(H,22,23)/t15-,16-/m1/s1. The van der Waals surface area contributed by atoms with Crippen LogP contribution in [0.15, 0.2) is 41.3 Å². The molecule has 2 rings (SSSR count). The van der Waals surface area contributed by atoms with Crippen molar-refractivity contribution < 1.29 is 14.3 Å². The molecule has 2 aromatic carbocycles. The second kappa shape index (κ2) is 8.99. The highest BCUT2D eigenvalue weighted by Gasteiger charge is 2.19. The van der Waals surface area contributed by atoms with Crippen LogP contribution in [0.3, 0.4) is 0 Å². The van der Waals surface area contributed by atoms with Gasteiger partial charge in [-0.05, 0) is 57.0 Å². The van der Waals surface area contributed by atoms with E-state index in [9.17, 15) is 4.79 Å². The van der Waals surface area contributed by atoms with Gasteiger partial charge in [0.15, 0.2) is 11.5 Å². The molecule has 0 fully saturated rings. The van der Waals surface area contributed by atoms with Crippen LogP contribution in [-0.4, -0.2) is 25.4 Å². The van der Waals surface area contributed by atoms with Crippen LogP contribution < -0.4 is 14.8 Å². The fourth-order valence-corrected chi connectivity index (χ4v) is 3.77. The van der Waals surface area contributed by atoms with E-state index in [2.05, 4.69) is 37.4 Å². The second-order valence-corrected chi connectivity index (χ2v) is 7.78. The summed E-state index contributed by atoms with van der Waals surface area (Å²) in [7, 11) is 3.21. The molecule has 0 saturated heterocycles. The summed E-state index contributed by atoms with van der Waals surface area (Å²) >= 11 is 1.50. The van der Waals surface area contributed by atoms with Gasteiger partial charge in [-0.15, -0.1) is 11.8 Å². The van der Waals surface area contributed by atoms with Gasteiger partial charge in [-0.1, -0.05) is 23.8 Å². The monoisotopic (exact) mass is 373 g/mol. The van der Waals surface area contributed by atoms with Crippen molar-refractivity contribution >= 4 is 17.7 Å². The first kappa shape index (κ1) is 20.2. The van der Waals surface area contributed by atoms with Crippen LogP contribution in [0.2, 0.25) is 0 Å². The summed E-state index contributed by atoms with van der Waals surface area (Å²) < 4.78 is 10.6. The molecule has 140 valence electrons. The van der Waals surface area contributed by atoms with Gasteiger partial charge in [0.05, 0.1) is 25.5 Å². The fourth-order valence-electron chi connectivity index (χ4n) is 2.87. The number of methoxy groups -OCH3 is 2. The van der Waals surface area contributed by atoms with Crippen LogP contribution in [-0.2, 0) is 4.79 Å². The first-order valence-corrected chi connectivity index (χ1v) is 9.50. The molecular formula is C21H27NO3S. The van der Waals surface area contributed by atoms with Crippen molar-refractivity contribution in [2.75, 3.05) is 14.2 Å². The molecule has 0 aliphatic heterocycles. The molecule has 2 aromatic rings. The minimum atomic E-state index is -0.221. The van der Waals surface area contributed by atoms with Crippen molar-refractivity contribution in [1.29, 1.82) is 0 Å². The summed E-state index contributed by atoms with van der Waals surface area (Å²) in [5, 5.41) is 2.89. The van der Waals surface area contributed by atoms with E-state index in [1.807, 2.05) is 32.0 Å². The maximum Gasteiger partial charge on any atom is 0.233 e. The Balaban J connectivity index is 2.03. The van der Waals surface area contributed by atoms with E-state index in [0.29, 0.717) is 11.5 Å². The van der Waals surface area contributed by atoms with E-state index in [0.717, 1.165) is 10.5 Å². The van der Waals surface area contributed by atoms with E-state index in [4.69, 9.17) is 9.47 Å². The van der Waals surface area contributed by atoms with E-state index in [-0.39, 0.29) is 17.2 Å². The summed E-state index contributed by atoms with van der Waals surface area (Å²) in [6.45, 7) is 8.07. The highest BCUT2D eigenvalue weighted by atomic mass is 32.2. The molecule has 26 heavy (non-hydrogen) atoms. The molecule has 0 saturated carbocycles. The highest BCUT2D eigenvalue weighted by Crippen LogP contribution is 2.33. The predicted octanol–water partition coefficient (Wildman–Crippen LogP) is 4.68. The molecule has 5 heteroatoms. The minimum Gasteiger partial charge on any atom is -0.493 e. The zero-order chi connectivity index (χ0) is 19.3. The highest BCUT2D eigenvalue weighted by molar-refractivity contribution is 8.00. The third-order valence-corrected chi connectivity index (χ3v) is 5.38. The first-order chi connectivity index (χ1) is 12.3. The zero-order valence-corrected chi connectivity index (χ0v) is 17.1. The number of carbonyl (C=O) groups is 1. The molecule has 0 aliphatic rings. The number of rotatable bonds is 7. The number of hydrogen-bond acceptors (Lipinski definition) is 4. The van der Waals surface area contributed by atoms with Crippen LogP contribution in [0.25, 0.3) is 0 Å². The third kappa shape index (κ3) is 4.94. The van der Waals surface area contributed by atoms with Gasteiger partial charge in [0, 0.05) is 4.90 Å². The summed E-state index contributed by atoms with van der Waals surface area (Å²) in [5.41, 5.74) is 3.56. The topological polar surface area (TPSA) is 47.6 Å². The van der Waals surface area contributed by atoms with Gasteiger partial charge in [-0.2, -0.15) is 0 Å². The van der Waals surface area contributed by atoms with E-state index in [1.54, 1.807) is 14.2 Å². The molecule has 0 spiro atoms. The maximum atomic E-state index is 12.6. The van der Waals surface area contributed by atoms with Gasteiger partial charge in [0.1, 0.15) is 0 Å². The number of nitrogens with one attached hydrogen (secondary N) is 1. The lowest BCUT2D eigenvalue weighted by atomic mass is 10.0. The molecule has 0 radical (unpaired) electrons. The van der Waals surface area contributed by atoms with Crippen molar-refractivity contribution in [3.05, 3.63) is 53.1 Å². The number of amides is 1. The quantitative estimate of drug-likeness (QED) is 0.716. The largest absolute Gasteiger partial charge is 0.493 e. The molecule has 0 unspecified atom stereocenters. The van der Waals surface area contributed by atoms with Crippen molar-refractivity contribution in [3.8, 4) is 11.5 Å². The Morgan fingerprint density at radius 2 is 1.69 bits per heavy atom. The Hall–Kier alpha value is -2.14. The molecule has 0 aliphatic carbocycles. The van der Waals surface area contributed by atoms with Gasteiger partial charge in [0.25, 0.3) is 0 Å². The first-order valence-electron chi connectivity index (χ1n) is 8.62. The molecule has 0 aromatic heterocycles. The number of thioether (sulfide) groups is 1. The zero-order valence-electron chi connectivity index (χ0n) is 16.3. The number of benzene rings is 2. The lowest BCUT2D eigenvalue weighted by Gasteiger charge is -2.20. The van der Waals surface area contributed by atoms with E-state index >= 15 is 0 Å². The molecule has 1 N–H and O–H groups in total. The summed E-state index contributed by atoms with van der Waals surface area (Å²) in [6.07, 6.45) is 0. The average Bonchev–Trinajstić information content (AvgIpc) is 2.61. The van der Waals surface area contributed by atoms with Gasteiger partial charge >= 0.3 is 0 Å². The fraction of sp³-hybridized carbons (Fsp3) is 0.381. The second-order valence-electron chi connectivity index (χ2n) is 6.37. The number of ether oxygens (including phenoxy) is 2. The van der Waals surface area contributed by atoms with Crippen LogP contribution in [0.1, 0.15) is 36.6 Å². The molecule has 4 nitrogen and oxygen atoms in total. The normalized spacial score (nSPS) is 13.0. The SMILES string of the molecule is COc1ccc(S[C@H](C)C(=O)N[C@H](C)c2ccc(C)cc2C)cc1OC. The molecule has 2 atom stereocenters. The van der Waals surface area contributed by atoms with Crippen molar-refractivity contribution in [2.45, 2.75) is 43.9 Å². The minimum absolute atomic E-state index is 0.0114. The molecular weight excluding hydrogens is 346 g/mol. The van der Waals surface area contributed by atoms with E-state index < -0.39 is 0 Å².